The van der Waals surface area contributed by atoms with Crippen molar-refractivity contribution in [3.8, 4) is 0 Å². The van der Waals surface area contributed by atoms with Crippen LogP contribution in [-0.4, -0.2) is 47.5 Å². The van der Waals surface area contributed by atoms with Crippen molar-refractivity contribution >= 4 is 16.9 Å². The Labute approximate surface area is 115 Å². The van der Waals surface area contributed by atoms with Gasteiger partial charge in [0.2, 0.25) is 0 Å². The third-order valence-electron chi connectivity index (χ3n) is 4.54. The molecule has 3 rings (SSSR count). The minimum absolute atomic E-state index is 0.425. The number of aliphatic imine (C=N–C) groups is 1. The molecule has 0 atom stereocenters. The summed E-state index contributed by atoms with van der Waals surface area (Å²) in [6, 6.07) is 0. The third-order valence-corrected chi connectivity index (χ3v) is 5.74. The van der Waals surface area contributed by atoms with Crippen molar-refractivity contribution in [1.29, 1.82) is 0 Å². The van der Waals surface area contributed by atoms with E-state index in [2.05, 4.69) is 10.2 Å². The smallest absolute Gasteiger partial charge is 0.157 e. The first-order valence-electron chi connectivity index (χ1n) is 7.54. The van der Waals surface area contributed by atoms with Crippen LogP contribution in [0.2, 0.25) is 0 Å². The Hall–Kier alpha value is -0.220. The minimum Gasteiger partial charge on any atom is -0.359 e. The van der Waals surface area contributed by atoms with Crippen LogP contribution in [0.4, 0.5) is 0 Å². The van der Waals surface area contributed by atoms with Crippen LogP contribution in [0.5, 0.6) is 0 Å². The van der Waals surface area contributed by atoms with Crippen LogP contribution < -0.4 is 5.32 Å². The average molecular weight is 267 g/mol. The SMILES string of the molecule is C1CCN(CCN=C2NC3(CCCC3)CS2)CC1. The number of nitrogens with zero attached hydrogens (tertiary/aromatic N) is 2. The Bertz CT molecular complexity index is 304. The summed E-state index contributed by atoms with van der Waals surface area (Å²) < 4.78 is 0. The summed E-state index contributed by atoms with van der Waals surface area (Å²) >= 11 is 1.95. The summed E-state index contributed by atoms with van der Waals surface area (Å²) in [4.78, 5) is 7.33. The zero-order valence-electron chi connectivity index (χ0n) is 11.3. The Balaban J connectivity index is 1.43. The lowest BCUT2D eigenvalue weighted by Gasteiger charge is -2.25. The summed E-state index contributed by atoms with van der Waals surface area (Å²) in [7, 11) is 0. The second-order valence-corrected chi connectivity index (χ2v) is 6.95. The van der Waals surface area contributed by atoms with Crippen LogP contribution in [-0.2, 0) is 0 Å². The Morgan fingerprint density at radius 2 is 1.89 bits per heavy atom. The summed E-state index contributed by atoms with van der Waals surface area (Å²) in [5.74, 6) is 1.25. The monoisotopic (exact) mass is 267 g/mol. The van der Waals surface area contributed by atoms with E-state index in [-0.39, 0.29) is 0 Å². The van der Waals surface area contributed by atoms with E-state index >= 15 is 0 Å². The normalized spacial score (nSPS) is 30.1. The Morgan fingerprint density at radius 1 is 1.11 bits per heavy atom. The molecule has 1 spiro atoms. The summed E-state index contributed by atoms with van der Waals surface area (Å²) in [6.07, 6.45) is 9.68. The van der Waals surface area contributed by atoms with Gasteiger partial charge in [-0.25, -0.2) is 0 Å². The van der Waals surface area contributed by atoms with Crippen molar-refractivity contribution in [3.63, 3.8) is 0 Å². The molecule has 0 amide bonds. The highest BCUT2D eigenvalue weighted by Crippen LogP contribution is 2.37. The lowest BCUT2D eigenvalue weighted by molar-refractivity contribution is 0.235. The number of amidine groups is 1. The molecule has 4 heteroatoms. The maximum Gasteiger partial charge on any atom is 0.157 e. The van der Waals surface area contributed by atoms with E-state index in [0.717, 1.165) is 13.1 Å². The highest BCUT2D eigenvalue weighted by Gasteiger charge is 2.39. The number of nitrogens with one attached hydrogen (secondary N) is 1. The van der Waals surface area contributed by atoms with E-state index in [4.69, 9.17) is 4.99 Å². The van der Waals surface area contributed by atoms with Gasteiger partial charge < -0.3 is 10.2 Å². The van der Waals surface area contributed by atoms with Gasteiger partial charge in [-0.3, -0.25) is 4.99 Å². The summed E-state index contributed by atoms with van der Waals surface area (Å²) in [5.41, 5.74) is 0.425. The minimum atomic E-state index is 0.425. The molecule has 0 aromatic heterocycles. The fourth-order valence-electron chi connectivity index (χ4n) is 3.39. The van der Waals surface area contributed by atoms with Crippen LogP contribution in [0, 0.1) is 0 Å². The van der Waals surface area contributed by atoms with Crippen molar-refractivity contribution < 1.29 is 0 Å². The van der Waals surface area contributed by atoms with Crippen molar-refractivity contribution in [2.45, 2.75) is 50.5 Å². The van der Waals surface area contributed by atoms with E-state index in [0.29, 0.717) is 5.54 Å². The van der Waals surface area contributed by atoms with Crippen molar-refractivity contribution in [2.75, 3.05) is 31.9 Å². The standard InChI is InChI=1S/C14H25N3S/c1-4-9-17(10-5-1)11-8-15-13-16-14(12-18-13)6-2-3-7-14/h1-12H2,(H,15,16). The molecule has 18 heavy (non-hydrogen) atoms. The first-order chi connectivity index (χ1) is 8.86. The maximum atomic E-state index is 4.76. The molecule has 2 aliphatic heterocycles. The molecular formula is C14H25N3S. The van der Waals surface area contributed by atoms with Gasteiger partial charge in [-0.15, -0.1) is 0 Å². The summed E-state index contributed by atoms with van der Waals surface area (Å²) in [6.45, 7) is 4.70. The fraction of sp³-hybridized carbons (Fsp3) is 0.929. The molecule has 3 aliphatic rings. The van der Waals surface area contributed by atoms with Gasteiger partial charge in [0.1, 0.15) is 0 Å². The van der Waals surface area contributed by atoms with Gasteiger partial charge in [-0.1, -0.05) is 31.0 Å². The summed E-state index contributed by atoms with van der Waals surface area (Å²) in [5, 5.41) is 4.92. The van der Waals surface area contributed by atoms with Gasteiger partial charge in [0.05, 0.1) is 6.54 Å². The van der Waals surface area contributed by atoms with Gasteiger partial charge in [0, 0.05) is 17.8 Å². The van der Waals surface area contributed by atoms with E-state index in [1.807, 2.05) is 11.8 Å². The number of rotatable bonds is 3. The molecule has 2 saturated heterocycles. The van der Waals surface area contributed by atoms with Crippen LogP contribution in [0.1, 0.15) is 44.9 Å². The molecule has 102 valence electrons. The number of hydrogen-bond acceptors (Lipinski definition) is 3. The first kappa shape index (κ1) is 12.8. The van der Waals surface area contributed by atoms with Crippen LogP contribution in [0.3, 0.4) is 0 Å². The average Bonchev–Trinajstić information content (AvgIpc) is 3.02. The molecule has 0 unspecified atom stereocenters. The number of thioether (sulfide) groups is 1. The van der Waals surface area contributed by atoms with Crippen LogP contribution in [0.25, 0.3) is 0 Å². The van der Waals surface area contributed by atoms with Crippen LogP contribution in [0.15, 0.2) is 4.99 Å². The van der Waals surface area contributed by atoms with Gasteiger partial charge in [0.25, 0.3) is 0 Å². The van der Waals surface area contributed by atoms with Crippen molar-refractivity contribution in [3.05, 3.63) is 0 Å². The number of hydrogen-bond donors (Lipinski definition) is 1. The molecule has 0 bridgehead atoms. The van der Waals surface area contributed by atoms with Crippen molar-refractivity contribution in [2.24, 2.45) is 4.99 Å². The second kappa shape index (κ2) is 5.83. The predicted octanol–water partition coefficient (Wildman–Crippen LogP) is 2.48. The zero-order valence-corrected chi connectivity index (χ0v) is 12.1. The topological polar surface area (TPSA) is 27.6 Å². The molecule has 0 aromatic carbocycles. The zero-order chi connectivity index (χ0) is 12.3. The fourth-order valence-corrected chi connectivity index (χ4v) is 4.63. The van der Waals surface area contributed by atoms with Gasteiger partial charge in [0.15, 0.2) is 5.17 Å². The quantitative estimate of drug-likeness (QED) is 0.851. The molecule has 0 aromatic rings. The number of piperidine rings is 1. The molecule has 3 nitrogen and oxygen atoms in total. The van der Waals surface area contributed by atoms with Gasteiger partial charge >= 0.3 is 0 Å². The predicted molar refractivity (Wildman–Crippen MR) is 79.4 cm³/mol. The molecule has 1 saturated carbocycles. The Morgan fingerprint density at radius 3 is 2.67 bits per heavy atom. The highest BCUT2D eigenvalue weighted by atomic mass is 32.2. The van der Waals surface area contributed by atoms with E-state index in [1.54, 1.807) is 0 Å². The molecule has 1 N–H and O–H groups in total. The van der Waals surface area contributed by atoms with Gasteiger partial charge in [-0.05, 0) is 38.8 Å². The third kappa shape index (κ3) is 3.02. The molecule has 0 radical (unpaired) electrons. The Kier molecular flexibility index (Phi) is 4.14. The molecule has 2 heterocycles. The second-order valence-electron chi connectivity index (χ2n) is 5.99. The largest absolute Gasteiger partial charge is 0.359 e. The molecule has 1 aliphatic carbocycles. The first-order valence-corrected chi connectivity index (χ1v) is 8.53. The maximum absolute atomic E-state index is 4.76. The van der Waals surface area contributed by atoms with E-state index in [9.17, 15) is 0 Å². The van der Waals surface area contributed by atoms with E-state index < -0.39 is 0 Å². The lowest BCUT2D eigenvalue weighted by Crippen LogP contribution is -2.40. The molecular weight excluding hydrogens is 242 g/mol. The van der Waals surface area contributed by atoms with Crippen LogP contribution >= 0.6 is 11.8 Å². The van der Waals surface area contributed by atoms with Gasteiger partial charge in [-0.2, -0.15) is 0 Å². The highest BCUT2D eigenvalue weighted by molar-refractivity contribution is 8.14. The molecule has 3 fully saturated rings. The van der Waals surface area contributed by atoms with E-state index in [1.165, 1.54) is 69.0 Å². The lowest BCUT2D eigenvalue weighted by atomic mass is 10.0. The van der Waals surface area contributed by atoms with Crippen molar-refractivity contribution in [1.82, 2.24) is 10.2 Å². The number of likely N-dealkylation sites (tertiary alicyclic amines) is 1.